The molecular formula is C22H27N3O7S. The lowest BCUT2D eigenvalue weighted by Gasteiger charge is -2.34. The van der Waals surface area contributed by atoms with Crippen LogP contribution in [0.1, 0.15) is 23.2 Å². The van der Waals surface area contributed by atoms with Gasteiger partial charge in [-0.3, -0.25) is 14.8 Å². The number of anilines is 1. The number of amides is 2. The Hall–Kier alpha value is -3.15. The van der Waals surface area contributed by atoms with Gasteiger partial charge in [0.25, 0.3) is 11.8 Å². The number of benzene rings is 2. The molecule has 0 spiro atoms. The Balaban J connectivity index is 1.58. The van der Waals surface area contributed by atoms with Crippen LogP contribution in [-0.4, -0.2) is 63.6 Å². The standard InChI is InChI=1S/C22H27N3O7S/c1-31-18-6-2-16(3-7-18)20(26)24-13-12-23-17-4-8-19(9-5-17)33(29,30)22(21(27)25-28)10-14-32-15-11-22/h2-9,23,28H,10-15H2,1H3,(H,24,26)(H,25,27). The van der Waals surface area contributed by atoms with Gasteiger partial charge in [-0.05, 0) is 61.4 Å². The highest BCUT2D eigenvalue weighted by Crippen LogP contribution is 2.35. The van der Waals surface area contributed by atoms with Gasteiger partial charge in [0.05, 0.1) is 12.0 Å². The number of sulfone groups is 1. The van der Waals surface area contributed by atoms with Crippen molar-refractivity contribution in [3.8, 4) is 5.75 Å². The van der Waals surface area contributed by atoms with Crippen LogP contribution in [0.15, 0.2) is 53.4 Å². The van der Waals surface area contributed by atoms with E-state index in [4.69, 9.17) is 14.7 Å². The molecular weight excluding hydrogens is 450 g/mol. The summed E-state index contributed by atoms with van der Waals surface area (Å²) in [6.07, 6.45) is -0.0920. The van der Waals surface area contributed by atoms with Gasteiger partial charge in [-0.1, -0.05) is 0 Å². The van der Waals surface area contributed by atoms with Gasteiger partial charge >= 0.3 is 0 Å². The van der Waals surface area contributed by atoms with Crippen molar-refractivity contribution >= 4 is 27.3 Å². The van der Waals surface area contributed by atoms with Crippen molar-refractivity contribution in [2.45, 2.75) is 22.5 Å². The van der Waals surface area contributed by atoms with E-state index in [9.17, 15) is 18.0 Å². The maximum atomic E-state index is 13.2. The first-order chi connectivity index (χ1) is 15.8. The van der Waals surface area contributed by atoms with Gasteiger partial charge in [0.1, 0.15) is 5.75 Å². The molecule has 1 fully saturated rings. The van der Waals surface area contributed by atoms with Crippen molar-refractivity contribution in [2.24, 2.45) is 0 Å². The first-order valence-electron chi connectivity index (χ1n) is 10.4. The summed E-state index contributed by atoms with van der Waals surface area (Å²) in [6, 6.07) is 12.7. The monoisotopic (exact) mass is 477 g/mol. The first-order valence-corrected chi connectivity index (χ1v) is 11.9. The van der Waals surface area contributed by atoms with Gasteiger partial charge in [0, 0.05) is 37.6 Å². The summed E-state index contributed by atoms with van der Waals surface area (Å²) >= 11 is 0. The molecule has 2 amide bonds. The summed E-state index contributed by atoms with van der Waals surface area (Å²) < 4.78 is 35.0. The Morgan fingerprint density at radius 3 is 2.24 bits per heavy atom. The molecule has 178 valence electrons. The van der Waals surface area contributed by atoms with Crippen LogP contribution in [0.25, 0.3) is 0 Å². The fourth-order valence-corrected chi connectivity index (χ4v) is 5.57. The van der Waals surface area contributed by atoms with Crippen LogP contribution < -0.4 is 20.9 Å². The number of hydrogen-bond acceptors (Lipinski definition) is 8. The zero-order valence-corrected chi connectivity index (χ0v) is 19.0. The lowest BCUT2D eigenvalue weighted by atomic mass is 9.98. The average molecular weight is 478 g/mol. The van der Waals surface area contributed by atoms with Crippen LogP contribution >= 0.6 is 0 Å². The van der Waals surface area contributed by atoms with E-state index < -0.39 is 20.5 Å². The topological polar surface area (TPSA) is 143 Å². The number of carbonyl (C=O) groups excluding carboxylic acids is 2. The van der Waals surface area contributed by atoms with Gasteiger partial charge in [0.15, 0.2) is 14.6 Å². The second-order valence-corrected chi connectivity index (χ2v) is 9.75. The maximum Gasteiger partial charge on any atom is 0.265 e. The lowest BCUT2D eigenvalue weighted by molar-refractivity contribution is -0.134. The molecule has 4 N–H and O–H groups in total. The van der Waals surface area contributed by atoms with E-state index in [2.05, 4.69) is 10.6 Å². The Morgan fingerprint density at radius 2 is 1.67 bits per heavy atom. The third kappa shape index (κ3) is 5.27. The van der Waals surface area contributed by atoms with E-state index >= 15 is 0 Å². The van der Waals surface area contributed by atoms with Gasteiger partial charge in [0.2, 0.25) is 0 Å². The smallest absolute Gasteiger partial charge is 0.265 e. The summed E-state index contributed by atoms with van der Waals surface area (Å²) in [5, 5.41) is 15.0. The zero-order valence-electron chi connectivity index (χ0n) is 18.2. The molecule has 1 saturated heterocycles. The number of hydroxylamine groups is 1. The fourth-order valence-electron chi connectivity index (χ4n) is 3.63. The number of nitrogens with one attached hydrogen (secondary N) is 3. The summed E-state index contributed by atoms with van der Waals surface area (Å²) in [5.74, 6) is -0.510. The van der Waals surface area contributed by atoms with Crippen LogP contribution in [0.5, 0.6) is 5.75 Å². The van der Waals surface area contributed by atoms with Crippen molar-refractivity contribution in [2.75, 3.05) is 38.7 Å². The van der Waals surface area contributed by atoms with Crippen molar-refractivity contribution in [3.05, 3.63) is 54.1 Å². The molecule has 1 aliphatic rings. The Kier molecular flexibility index (Phi) is 7.90. The van der Waals surface area contributed by atoms with Gasteiger partial charge < -0.3 is 20.1 Å². The SMILES string of the molecule is COc1ccc(C(=O)NCCNc2ccc(S(=O)(=O)C3(C(=O)NO)CCOCC3)cc2)cc1. The van der Waals surface area contributed by atoms with Gasteiger partial charge in [-0.2, -0.15) is 0 Å². The third-order valence-electron chi connectivity index (χ3n) is 5.59. The van der Waals surface area contributed by atoms with Gasteiger partial charge in [-0.15, -0.1) is 0 Å². The minimum atomic E-state index is -4.07. The van der Waals surface area contributed by atoms with Crippen molar-refractivity contribution in [3.63, 3.8) is 0 Å². The molecule has 0 aromatic heterocycles. The van der Waals surface area contributed by atoms with E-state index in [1.165, 1.54) is 17.6 Å². The molecule has 0 atom stereocenters. The molecule has 0 radical (unpaired) electrons. The molecule has 1 heterocycles. The quantitative estimate of drug-likeness (QED) is 0.241. The van der Waals surface area contributed by atoms with E-state index in [1.807, 2.05) is 0 Å². The Bertz CT molecular complexity index is 1060. The largest absolute Gasteiger partial charge is 0.497 e. The maximum absolute atomic E-state index is 13.2. The van der Waals surface area contributed by atoms with E-state index in [1.54, 1.807) is 43.5 Å². The summed E-state index contributed by atoms with van der Waals surface area (Å²) in [5.41, 5.74) is 2.66. The number of rotatable bonds is 9. The predicted molar refractivity (Wildman–Crippen MR) is 120 cm³/mol. The normalized spacial score (nSPS) is 15.3. The molecule has 10 nitrogen and oxygen atoms in total. The molecule has 1 aliphatic heterocycles. The van der Waals surface area contributed by atoms with Crippen LogP contribution in [0, 0.1) is 0 Å². The van der Waals surface area contributed by atoms with E-state index in [0.717, 1.165) is 0 Å². The molecule has 2 aromatic carbocycles. The number of ether oxygens (including phenoxy) is 2. The molecule has 33 heavy (non-hydrogen) atoms. The van der Waals surface area contributed by atoms with E-state index in [-0.39, 0.29) is 36.9 Å². The molecule has 0 bridgehead atoms. The Morgan fingerprint density at radius 1 is 1.03 bits per heavy atom. The van der Waals surface area contributed by atoms with Crippen LogP contribution in [-0.2, 0) is 19.4 Å². The molecule has 0 unspecified atom stereocenters. The minimum absolute atomic E-state index is 0.0219. The first kappa shape index (κ1) is 24.5. The predicted octanol–water partition coefficient (Wildman–Crippen LogP) is 1.37. The summed E-state index contributed by atoms with van der Waals surface area (Å²) in [7, 11) is -2.52. The summed E-state index contributed by atoms with van der Waals surface area (Å²) in [6.45, 7) is 0.982. The fraction of sp³-hybridized carbons (Fsp3) is 0.364. The lowest BCUT2D eigenvalue weighted by Crippen LogP contribution is -2.54. The minimum Gasteiger partial charge on any atom is -0.497 e. The molecule has 0 saturated carbocycles. The van der Waals surface area contributed by atoms with Crippen molar-refractivity contribution in [1.82, 2.24) is 10.8 Å². The molecule has 2 aromatic rings. The average Bonchev–Trinajstić information content (AvgIpc) is 2.86. The van der Waals surface area contributed by atoms with Gasteiger partial charge in [-0.25, -0.2) is 13.9 Å². The highest BCUT2D eigenvalue weighted by Gasteiger charge is 2.52. The highest BCUT2D eigenvalue weighted by molar-refractivity contribution is 7.93. The number of carbonyl (C=O) groups is 2. The van der Waals surface area contributed by atoms with Crippen LogP contribution in [0.3, 0.4) is 0 Å². The van der Waals surface area contributed by atoms with Crippen LogP contribution in [0.2, 0.25) is 0 Å². The number of hydrogen-bond donors (Lipinski definition) is 4. The number of methoxy groups -OCH3 is 1. The van der Waals surface area contributed by atoms with Crippen LogP contribution in [0.4, 0.5) is 5.69 Å². The Labute approximate surface area is 192 Å². The molecule has 3 rings (SSSR count). The third-order valence-corrected chi connectivity index (χ3v) is 8.10. The molecule has 11 heteroatoms. The van der Waals surface area contributed by atoms with Crippen molar-refractivity contribution < 1.29 is 32.7 Å². The van der Waals surface area contributed by atoms with Crippen molar-refractivity contribution in [1.29, 1.82) is 0 Å². The second kappa shape index (κ2) is 10.6. The zero-order chi connectivity index (χ0) is 23.9. The molecule has 0 aliphatic carbocycles. The highest BCUT2D eigenvalue weighted by atomic mass is 32.2. The van der Waals surface area contributed by atoms with E-state index in [0.29, 0.717) is 30.1 Å². The summed E-state index contributed by atoms with van der Waals surface area (Å²) in [4.78, 5) is 24.4. The second-order valence-electron chi connectivity index (χ2n) is 7.49.